The monoisotopic (exact) mass is 413 g/mol. The lowest BCUT2D eigenvalue weighted by Crippen LogP contribution is -2.43. The van der Waals surface area contributed by atoms with Crippen molar-refractivity contribution in [3.8, 4) is 0 Å². The van der Waals surface area contributed by atoms with Gasteiger partial charge in [0.15, 0.2) is 0 Å². The van der Waals surface area contributed by atoms with Gasteiger partial charge in [-0.3, -0.25) is 9.59 Å². The minimum atomic E-state index is -0.817. The number of unbranched alkanes of at least 4 members (excludes halogenated alkanes) is 8. The van der Waals surface area contributed by atoms with Gasteiger partial charge in [0.2, 0.25) is 5.91 Å². The molecule has 6 heteroatoms. The third-order valence-electron chi connectivity index (χ3n) is 4.48. The molecule has 0 rings (SSSR count). The zero-order chi connectivity index (χ0) is 22.1. The highest BCUT2D eigenvalue weighted by atomic mass is 16.5. The van der Waals surface area contributed by atoms with E-state index < -0.39 is 12.0 Å². The van der Waals surface area contributed by atoms with Gasteiger partial charge in [-0.1, -0.05) is 58.3 Å². The Labute approximate surface area is 177 Å². The smallest absolute Gasteiger partial charge is 0.328 e. The molecule has 0 aromatic rings. The van der Waals surface area contributed by atoms with Crippen LogP contribution in [0.1, 0.15) is 112 Å². The molecule has 0 bridgehead atoms. The van der Waals surface area contributed by atoms with Crippen LogP contribution >= 0.6 is 0 Å². The van der Waals surface area contributed by atoms with Crippen molar-refractivity contribution >= 4 is 17.8 Å². The quantitative estimate of drug-likeness (QED) is 0.266. The van der Waals surface area contributed by atoms with Gasteiger partial charge in [0.05, 0.1) is 12.2 Å². The number of amides is 1. The molecular formula is C23H43NO5. The average Bonchev–Trinajstić information content (AvgIpc) is 2.62. The summed E-state index contributed by atoms with van der Waals surface area (Å²) in [4.78, 5) is 36.3. The maximum absolute atomic E-state index is 12.3. The summed E-state index contributed by atoms with van der Waals surface area (Å²) in [6.07, 6.45) is 10.8. The summed E-state index contributed by atoms with van der Waals surface area (Å²) in [6, 6.07) is -0.817. The van der Waals surface area contributed by atoms with Crippen LogP contribution in [0.25, 0.3) is 0 Å². The molecule has 29 heavy (non-hydrogen) atoms. The molecule has 0 saturated carbocycles. The van der Waals surface area contributed by atoms with Crippen molar-refractivity contribution in [2.24, 2.45) is 0 Å². The fourth-order valence-corrected chi connectivity index (χ4v) is 3.01. The van der Waals surface area contributed by atoms with E-state index in [-0.39, 0.29) is 36.9 Å². The van der Waals surface area contributed by atoms with Gasteiger partial charge in [-0.2, -0.15) is 0 Å². The third-order valence-corrected chi connectivity index (χ3v) is 4.48. The summed E-state index contributed by atoms with van der Waals surface area (Å²) in [5, 5.41) is 2.73. The summed E-state index contributed by atoms with van der Waals surface area (Å²) in [7, 11) is 0. The SMILES string of the molecule is CCCCCCCCCCCC(=O)NC(CCC(=O)OC(C)C)C(=O)OC(C)C. The van der Waals surface area contributed by atoms with Gasteiger partial charge in [0.1, 0.15) is 6.04 Å². The number of hydrogen-bond donors (Lipinski definition) is 1. The Morgan fingerprint density at radius 1 is 0.724 bits per heavy atom. The molecule has 6 nitrogen and oxygen atoms in total. The summed E-state index contributed by atoms with van der Waals surface area (Å²) in [5.41, 5.74) is 0. The van der Waals surface area contributed by atoms with E-state index in [2.05, 4.69) is 12.2 Å². The Balaban J connectivity index is 4.21. The van der Waals surface area contributed by atoms with Crippen molar-refractivity contribution < 1.29 is 23.9 Å². The second-order valence-electron chi connectivity index (χ2n) is 8.26. The number of esters is 2. The Morgan fingerprint density at radius 2 is 1.24 bits per heavy atom. The van der Waals surface area contributed by atoms with Crippen LogP contribution in [-0.2, 0) is 23.9 Å². The van der Waals surface area contributed by atoms with Crippen LogP contribution in [0.5, 0.6) is 0 Å². The van der Waals surface area contributed by atoms with E-state index in [0.717, 1.165) is 19.3 Å². The predicted molar refractivity (Wildman–Crippen MR) is 115 cm³/mol. The van der Waals surface area contributed by atoms with Gasteiger partial charge in [-0.25, -0.2) is 4.79 Å². The largest absolute Gasteiger partial charge is 0.463 e. The molecule has 170 valence electrons. The first-order valence-corrected chi connectivity index (χ1v) is 11.5. The molecule has 0 aliphatic carbocycles. The van der Waals surface area contributed by atoms with Crippen molar-refractivity contribution in [2.45, 2.75) is 130 Å². The lowest BCUT2D eigenvalue weighted by molar-refractivity contribution is -0.153. The molecule has 0 aliphatic rings. The number of carbonyl (C=O) groups excluding carboxylic acids is 3. The van der Waals surface area contributed by atoms with Gasteiger partial charge >= 0.3 is 11.9 Å². The molecule has 1 unspecified atom stereocenters. The van der Waals surface area contributed by atoms with Crippen molar-refractivity contribution in [2.75, 3.05) is 0 Å². The second-order valence-corrected chi connectivity index (χ2v) is 8.26. The van der Waals surface area contributed by atoms with E-state index in [1.54, 1.807) is 27.7 Å². The highest BCUT2D eigenvalue weighted by Crippen LogP contribution is 2.11. The van der Waals surface area contributed by atoms with Crippen LogP contribution < -0.4 is 5.32 Å². The summed E-state index contributed by atoms with van der Waals surface area (Å²) >= 11 is 0. The summed E-state index contributed by atoms with van der Waals surface area (Å²) in [5.74, 6) is -1.05. The highest BCUT2D eigenvalue weighted by Gasteiger charge is 2.24. The van der Waals surface area contributed by atoms with Crippen LogP contribution in [-0.4, -0.2) is 36.1 Å². The molecule has 1 amide bonds. The van der Waals surface area contributed by atoms with Gasteiger partial charge in [-0.05, 0) is 40.5 Å². The van der Waals surface area contributed by atoms with Gasteiger partial charge in [0.25, 0.3) is 0 Å². The Hall–Kier alpha value is -1.59. The molecule has 0 aromatic heterocycles. The lowest BCUT2D eigenvalue weighted by Gasteiger charge is -2.19. The standard InChI is InChI=1S/C23H43NO5/c1-6-7-8-9-10-11-12-13-14-15-21(25)24-20(23(27)29-19(4)5)16-17-22(26)28-18(2)3/h18-20H,6-17H2,1-5H3,(H,24,25). The van der Waals surface area contributed by atoms with Gasteiger partial charge in [0, 0.05) is 12.8 Å². The minimum absolute atomic E-state index is 0.0638. The normalized spacial score (nSPS) is 12.1. The average molecular weight is 414 g/mol. The zero-order valence-electron chi connectivity index (χ0n) is 19.3. The first kappa shape index (κ1) is 27.4. The molecule has 0 spiro atoms. The minimum Gasteiger partial charge on any atom is -0.463 e. The van der Waals surface area contributed by atoms with Crippen molar-refractivity contribution in [3.05, 3.63) is 0 Å². The Bertz CT molecular complexity index is 462. The third kappa shape index (κ3) is 17.0. The van der Waals surface area contributed by atoms with E-state index in [0.29, 0.717) is 6.42 Å². The van der Waals surface area contributed by atoms with E-state index in [9.17, 15) is 14.4 Å². The molecule has 1 atom stereocenters. The van der Waals surface area contributed by atoms with Crippen LogP contribution in [0, 0.1) is 0 Å². The Kier molecular flexibility index (Phi) is 16.3. The van der Waals surface area contributed by atoms with E-state index >= 15 is 0 Å². The number of hydrogen-bond acceptors (Lipinski definition) is 5. The number of ether oxygens (including phenoxy) is 2. The topological polar surface area (TPSA) is 81.7 Å². The first-order valence-electron chi connectivity index (χ1n) is 11.5. The lowest BCUT2D eigenvalue weighted by atomic mass is 10.1. The van der Waals surface area contributed by atoms with Crippen molar-refractivity contribution in [1.29, 1.82) is 0 Å². The van der Waals surface area contributed by atoms with Gasteiger partial charge in [-0.15, -0.1) is 0 Å². The molecule has 0 radical (unpaired) electrons. The maximum atomic E-state index is 12.3. The van der Waals surface area contributed by atoms with E-state index in [1.165, 1.54) is 38.5 Å². The fourth-order valence-electron chi connectivity index (χ4n) is 3.01. The molecule has 0 saturated heterocycles. The number of nitrogens with one attached hydrogen (secondary N) is 1. The molecule has 0 aromatic carbocycles. The number of carbonyl (C=O) groups is 3. The van der Waals surface area contributed by atoms with E-state index in [1.807, 2.05) is 0 Å². The zero-order valence-corrected chi connectivity index (χ0v) is 19.3. The number of rotatable bonds is 17. The summed E-state index contributed by atoms with van der Waals surface area (Å²) in [6.45, 7) is 9.28. The first-order chi connectivity index (χ1) is 13.8. The predicted octanol–water partition coefficient (Wildman–Crippen LogP) is 5.08. The Morgan fingerprint density at radius 3 is 1.76 bits per heavy atom. The molecular weight excluding hydrogens is 370 g/mol. The fraction of sp³-hybridized carbons (Fsp3) is 0.870. The molecule has 0 fully saturated rings. The van der Waals surface area contributed by atoms with E-state index in [4.69, 9.17) is 9.47 Å². The maximum Gasteiger partial charge on any atom is 0.328 e. The van der Waals surface area contributed by atoms with Crippen LogP contribution in [0.2, 0.25) is 0 Å². The highest BCUT2D eigenvalue weighted by molar-refractivity contribution is 5.85. The molecule has 1 N–H and O–H groups in total. The van der Waals surface area contributed by atoms with Gasteiger partial charge < -0.3 is 14.8 Å². The van der Waals surface area contributed by atoms with Crippen molar-refractivity contribution in [3.63, 3.8) is 0 Å². The van der Waals surface area contributed by atoms with Crippen LogP contribution in [0.4, 0.5) is 0 Å². The van der Waals surface area contributed by atoms with Crippen LogP contribution in [0.15, 0.2) is 0 Å². The summed E-state index contributed by atoms with van der Waals surface area (Å²) < 4.78 is 10.3. The molecule has 0 heterocycles. The second kappa shape index (κ2) is 17.3. The molecule has 0 aliphatic heterocycles. The van der Waals surface area contributed by atoms with Crippen LogP contribution in [0.3, 0.4) is 0 Å². The van der Waals surface area contributed by atoms with Crippen molar-refractivity contribution in [1.82, 2.24) is 5.32 Å².